The van der Waals surface area contributed by atoms with Gasteiger partial charge in [0.15, 0.2) is 0 Å². The molecule has 0 amide bonds. The molecule has 58 valence electrons. The standard InChI is InChI=1S/C6H9N3P2/c1-9-6-5(3-8-9)7-4-11(2)10-6/h3-4,10H,1-2H3. The molecule has 2 unspecified atom stereocenters. The van der Waals surface area contributed by atoms with Crippen molar-refractivity contribution in [3.63, 3.8) is 0 Å². The average Bonchev–Trinajstić information content (AvgIpc) is 2.33. The summed E-state index contributed by atoms with van der Waals surface area (Å²) in [6, 6.07) is 0. The zero-order chi connectivity index (χ0) is 7.84. The average molecular weight is 185 g/mol. The lowest BCUT2D eigenvalue weighted by molar-refractivity contribution is 0.791. The number of nitrogens with zero attached hydrogens (tertiary/aromatic N) is 3. The third kappa shape index (κ3) is 1.23. The molecule has 2 atom stereocenters. The van der Waals surface area contributed by atoms with Crippen LogP contribution in [0.2, 0.25) is 0 Å². The largest absolute Gasteiger partial charge is 0.266 e. The number of fused-ring (bicyclic) bond motifs is 1. The van der Waals surface area contributed by atoms with Crippen LogP contribution >= 0.6 is 15.9 Å². The summed E-state index contributed by atoms with van der Waals surface area (Å²) in [4.78, 5) is 4.32. The van der Waals surface area contributed by atoms with Gasteiger partial charge in [0, 0.05) is 13.0 Å². The molecule has 11 heavy (non-hydrogen) atoms. The van der Waals surface area contributed by atoms with Gasteiger partial charge >= 0.3 is 0 Å². The van der Waals surface area contributed by atoms with Crippen LogP contribution in [-0.4, -0.2) is 22.4 Å². The SMILES string of the molecule is Cn1ncc2c1PP(C)C=N2. The molecular formula is C6H9N3P2. The predicted molar refractivity (Wildman–Crippen MR) is 52.2 cm³/mol. The molecule has 0 saturated heterocycles. The highest BCUT2D eigenvalue weighted by molar-refractivity contribution is 8.30. The van der Waals surface area contributed by atoms with E-state index in [1.807, 2.05) is 17.9 Å². The Morgan fingerprint density at radius 2 is 2.45 bits per heavy atom. The number of hydrogen-bond donors (Lipinski definition) is 0. The topological polar surface area (TPSA) is 30.2 Å². The fourth-order valence-corrected chi connectivity index (χ4v) is 4.26. The molecule has 0 spiro atoms. The molecule has 1 aromatic heterocycles. The Bertz CT molecular complexity index is 305. The fourth-order valence-electron chi connectivity index (χ4n) is 0.995. The predicted octanol–water partition coefficient (Wildman–Crippen LogP) is 1.42. The molecule has 0 N–H and O–H groups in total. The van der Waals surface area contributed by atoms with Crippen LogP contribution in [-0.2, 0) is 7.05 Å². The lowest BCUT2D eigenvalue weighted by atomic mass is 10.6. The highest BCUT2D eigenvalue weighted by Gasteiger charge is 2.14. The van der Waals surface area contributed by atoms with Crippen molar-refractivity contribution in [2.75, 3.05) is 6.66 Å². The van der Waals surface area contributed by atoms with E-state index in [4.69, 9.17) is 0 Å². The number of aliphatic imine (C=N–C) groups is 1. The van der Waals surface area contributed by atoms with Crippen LogP contribution in [0.25, 0.3) is 0 Å². The first-order chi connectivity index (χ1) is 5.27. The molecule has 1 aliphatic heterocycles. The normalized spacial score (nSPS) is 24.0. The maximum absolute atomic E-state index is 4.32. The van der Waals surface area contributed by atoms with E-state index >= 15 is 0 Å². The van der Waals surface area contributed by atoms with E-state index in [-0.39, 0.29) is 7.61 Å². The molecule has 0 aliphatic carbocycles. The molecule has 0 aromatic carbocycles. The van der Waals surface area contributed by atoms with Crippen LogP contribution in [0.5, 0.6) is 0 Å². The third-order valence-corrected chi connectivity index (χ3v) is 5.22. The molecular weight excluding hydrogens is 176 g/mol. The number of rotatable bonds is 0. The van der Waals surface area contributed by atoms with Gasteiger partial charge in [-0.3, -0.25) is 9.67 Å². The monoisotopic (exact) mass is 185 g/mol. The first-order valence-corrected chi connectivity index (χ1v) is 7.03. The summed E-state index contributed by atoms with van der Waals surface area (Å²) in [7, 11) is 2.87. The summed E-state index contributed by atoms with van der Waals surface area (Å²) in [5, 5.41) is 4.15. The Labute approximate surface area is 68.3 Å². The smallest absolute Gasteiger partial charge is 0.109 e. The van der Waals surface area contributed by atoms with Crippen molar-refractivity contribution < 1.29 is 0 Å². The molecule has 3 nitrogen and oxygen atoms in total. The molecule has 0 saturated carbocycles. The molecule has 2 rings (SSSR count). The van der Waals surface area contributed by atoms with Gasteiger partial charge in [-0.05, 0) is 22.5 Å². The van der Waals surface area contributed by atoms with Crippen molar-refractivity contribution in [1.82, 2.24) is 9.78 Å². The number of hydrogen-bond acceptors (Lipinski definition) is 2. The van der Waals surface area contributed by atoms with E-state index < -0.39 is 0 Å². The number of aromatic nitrogens is 2. The Hall–Kier alpha value is -0.260. The second-order valence-corrected chi connectivity index (χ2v) is 7.41. The van der Waals surface area contributed by atoms with E-state index in [0.29, 0.717) is 0 Å². The van der Waals surface area contributed by atoms with Gasteiger partial charge in [-0.1, -0.05) is 0 Å². The van der Waals surface area contributed by atoms with Crippen LogP contribution < -0.4 is 5.44 Å². The molecule has 1 aromatic rings. The van der Waals surface area contributed by atoms with Crippen molar-refractivity contribution in [1.29, 1.82) is 0 Å². The zero-order valence-corrected chi connectivity index (χ0v) is 8.34. The lowest BCUT2D eigenvalue weighted by Crippen LogP contribution is -2.09. The van der Waals surface area contributed by atoms with Crippen LogP contribution in [0.1, 0.15) is 0 Å². The Kier molecular flexibility index (Phi) is 1.78. The summed E-state index contributed by atoms with van der Waals surface area (Å²) in [5.74, 6) is 2.07. The molecule has 0 radical (unpaired) electrons. The Morgan fingerprint density at radius 1 is 1.64 bits per heavy atom. The zero-order valence-electron chi connectivity index (χ0n) is 6.44. The minimum Gasteiger partial charge on any atom is -0.266 e. The van der Waals surface area contributed by atoms with Gasteiger partial charge in [0.2, 0.25) is 0 Å². The van der Waals surface area contributed by atoms with E-state index in [9.17, 15) is 0 Å². The van der Waals surface area contributed by atoms with Gasteiger partial charge < -0.3 is 0 Å². The first kappa shape index (κ1) is 7.39. The summed E-state index contributed by atoms with van der Waals surface area (Å²) in [5.41, 5.74) is 2.37. The van der Waals surface area contributed by atoms with Crippen molar-refractivity contribution in [3.05, 3.63) is 6.20 Å². The minimum absolute atomic E-state index is 0.00655. The summed E-state index contributed by atoms with van der Waals surface area (Å²) in [6.07, 6.45) is 1.83. The Morgan fingerprint density at radius 3 is 3.27 bits per heavy atom. The highest BCUT2D eigenvalue weighted by Crippen LogP contribution is 2.52. The lowest BCUT2D eigenvalue weighted by Gasteiger charge is -2.11. The van der Waals surface area contributed by atoms with Crippen LogP contribution in [0.3, 0.4) is 0 Å². The van der Waals surface area contributed by atoms with Crippen molar-refractivity contribution in [2.45, 2.75) is 0 Å². The summed E-state index contributed by atoms with van der Waals surface area (Å²) >= 11 is 0. The van der Waals surface area contributed by atoms with Gasteiger partial charge in [-0.15, -0.1) is 0 Å². The van der Waals surface area contributed by atoms with E-state index in [1.165, 1.54) is 5.44 Å². The van der Waals surface area contributed by atoms with Crippen LogP contribution in [0.15, 0.2) is 11.2 Å². The maximum Gasteiger partial charge on any atom is 0.109 e. The van der Waals surface area contributed by atoms with E-state index in [2.05, 4.69) is 22.7 Å². The number of aryl methyl sites for hydroxylation is 1. The summed E-state index contributed by atoms with van der Waals surface area (Å²) < 4.78 is 1.93. The molecule has 2 heterocycles. The van der Waals surface area contributed by atoms with Crippen molar-refractivity contribution >= 4 is 33.0 Å². The van der Waals surface area contributed by atoms with Crippen LogP contribution in [0, 0.1) is 0 Å². The van der Waals surface area contributed by atoms with Gasteiger partial charge in [0.25, 0.3) is 0 Å². The van der Waals surface area contributed by atoms with Gasteiger partial charge in [0.05, 0.1) is 11.6 Å². The molecule has 0 bridgehead atoms. The molecule has 0 fully saturated rings. The van der Waals surface area contributed by atoms with Crippen molar-refractivity contribution in [2.24, 2.45) is 12.0 Å². The van der Waals surface area contributed by atoms with E-state index in [1.54, 1.807) is 0 Å². The third-order valence-electron chi connectivity index (χ3n) is 1.57. The van der Waals surface area contributed by atoms with Crippen LogP contribution in [0.4, 0.5) is 5.69 Å². The summed E-state index contributed by atoms with van der Waals surface area (Å²) in [6.45, 7) is 2.24. The first-order valence-electron chi connectivity index (χ1n) is 3.33. The van der Waals surface area contributed by atoms with Gasteiger partial charge in [-0.25, -0.2) is 0 Å². The second-order valence-electron chi connectivity index (χ2n) is 2.47. The Balaban J connectivity index is 2.48. The van der Waals surface area contributed by atoms with Crippen molar-refractivity contribution in [3.8, 4) is 0 Å². The fraction of sp³-hybridized carbons (Fsp3) is 0.333. The van der Waals surface area contributed by atoms with E-state index in [0.717, 1.165) is 14.0 Å². The van der Waals surface area contributed by atoms with Gasteiger partial charge in [0.1, 0.15) is 5.69 Å². The molecule has 5 heteroatoms. The van der Waals surface area contributed by atoms with Gasteiger partial charge in [-0.2, -0.15) is 5.10 Å². The minimum atomic E-state index is 0.00655. The molecule has 1 aliphatic rings. The maximum atomic E-state index is 4.32. The quantitative estimate of drug-likeness (QED) is 0.562. The highest BCUT2D eigenvalue weighted by atomic mass is 32.0. The second kappa shape index (κ2) is 2.66.